The Kier molecular flexibility index (Phi) is 84.2. The highest BCUT2D eigenvalue weighted by Crippen LogP contribution is 2.50. The van der Waals surface area contributed by atoms with Crippen molar-refractivity contribution in [2.24, 2.45) is 0 Å². The van der Waals surface area contributed by atoms with E-state index in [0.717, 1.165) is 122 Å². The molecule has 2 unspecified atom stereocenters. The highest BCUT2D eigenvalue weighted by Gasteiger charge is 2.31. The number of hydrogen-bond donors (Lipinski definition) is 4. The summed E-state index contributed by atoms with van der Waals surface area (Å²) < 4.78 is 87.0. The molecule has 0 bridgehead atoms. The van der Waals surface area contributed by atoms with Crippen molar-refractivity contribution in [3.8, 4) is 94.7 Å². The lowest BCUT2D eigenvalue weighted by atomic mass is 10.1. The molecule has 4 amide bonds. The SMILES string of the molecule is C=CCOP(=O)(OCCNC(=O)NCCOP(=O)(OCC=C)OC[C@H](COCC[C@H](C#CC#CC#CC#CC#CC#CC#CC#CC)OC(=O)CCCCCCCCCCC)NC(=O)CCCCCCCCCCCCC)OC[C@H](COCC[C@@H](CCCCCCC)OC(=O)CCCCCCCCCCC)NC(=O)CCCCCCCCCCCCC. The summed E-state index contributed by atoms with van der Waals surface area (Å²) in [4.78, 5) is 66.7. The Morgan fingerprint density at radius 3 is 0.975 bits per heavy atom. The quantitative estimate of drug-likeness (QED) is 0.0145. The third kappa shape index (κ3) is 80.4. The van der Waals surface area contributed by atoms with Crippen molar-refractivity contribution in [3.05, 3.63) is 25.3 Å². The number of ether oxygens (including phenoxy) is 4. The standard InChI is InChI=1S/C99H160N4O17P2/c1-9-17-23-29-34-39-42-43-44-45-48-51-54-60-66-72-94(120-98(107)76-70-64-58-50-38-33-27-21-13-5)78-84-112-88-92(103-96(105)74-68-62-56-53-47-41-36-31-25-19-11-3)90-118-122(110,114-82-16-8)116-86-80-101-99(108)100-79-85-115-121(109,113-81-15-7)117-89-91(102-95(104)73-67-61-55-52-46-40-35-30-24-18-10-2)87-111-83-77-93(71-65-59-28-22-14-6)119-97(106)75-69-63-57-49-37-32-26-20-12-4/h15-16,91-94H,7-8,10-14,18-22,24-28,30-33,35-38,40-41,46-47,49-50,52-53,55-59,61-65,67-71,73-90H2,1-6H3,(H,102,104)(H,103,105)(H2,100,101,108)/t91-,92-,93+,94-,121?,122?/m0/s1. The molecule has 0 fully saturated rings. The van der Waals surface area contributed by atoms with Crippen LogP contribution < -0.4 is 21.3 Å². The average Bonchev–Trinajstić information content (AvgIpc) is 0.889. The molecule has 0 heterocycles. The Morgan fingerprint density at radius 2 is 0.631 bits per heavy atom. The zero-order chi connectivity index (χ0) is 89.1. The monoisotopic (exact) mass is 1740 g/mol. The van der Waals surface area contributed by atoms with Gasteiger partial charge in [0.1, 0.15) is 6.10 Å². The Hall–Kier alpha value is -6.75. The van der Waals surface area contributed by atoms with Crippen LogP contribution in [0.25, 0.3) is 0 Å². The van der Waals surface area contributed by atoms with Crippen LogP contribution in [0, 0.1) is 94.7 Å². The van der Waals surface area contributed by atoms with Crippen LogP contribution >= 0.6 is 15.6 Å². The van der Waals surface area contributed by atoms with Gasteiger partial charge >= 0.3 is 33.6 Å². The van der Waals surface area contributed by atoms with Crippen molar-refractivity contribution in [2.45, 2.75) is 400 Å². The summed E-state index contributed by atoms with van der Waals surface area (Å²) >= 11 is 0. The van der Waals surface area contributed by atoms with E-state index in [1.54, 1.807) is 6.92 Å². The van der Waals surface area contributed by atoms with Crippen molar-refractivity contribution in [1.29, 1.82) is 0 Å². The molecule has 122 heavy (non-hydrogen) atoms. The minimum absolute atomic E-state index is 0.0000263. The van der Waals surface area contributed by atoms with Crippen molar-refractivity contribution < 1.29 is 79.2 Å². The van der Waals surface area contributed by atoms with E-state index in [-0.39, 0.29) is 122 Å². The Morgan fingerprint density at radius 1 is 0.328 bits per heavy atom. The largest absolute Gasteiger partial charge is 0.475 e. The fourth-order valence-electron chi connectivity index (χ4n) is 12.8. The number of esters is 2. The van der Waals surface area contributed by atoms with Crippen LogP contribution in [0.1, 0.15) is 375 Å². The van der Waals surface area contributed by atoms with E-state index in [2.05, 4.69) is 164 Å². The summed E-state index contributed by atoms with van der Waals surface area (Å²) in [6.07, 6.45) is 54.5. The van der Waals surface area contributed by atoms with Gasteiger partial charge in [0.05, 0.1) is 78.2 Å². The van der Waals surface area contributed by atoms with Gasteiger partial charge in [0, 0.05) is 51.6 Å². The molecule has 21 nitrogen and oxygen atoms in total. The van der Waals surface area contributed by atoms with Gasteiger partial charge in [-0.2, -0.15) is 0 Å². The van der Waals surface area contributed by atoms with Crippen LogP contribution in [0.5, 0.6) is 0 Å². The van der Waals surface area contributed by atoms with Crippen molar-refractivity contribution in [3.63, 3.8) is 0 Å². The minimum atomic E-state index is -4.40. The lowest BCUT2D eigenvalue weighted by molar-refractivity contribution is -0.151. The number of carbonyl (C=O) groups excluding carboxylic acids is 5. The van der Waals surface area contributed by atoms with Gasteiger partial charge in [0.25, 0.3) is 0 Å². The van der Waals surface area contributed by atoms with Crippen molar-refractivity contribution >= 4 is 45.4 Å². The van der Waals surface area contributed by atoms with E-state index in [1.807, 2.05) is 0 Å². The van der Waals surface area contributed by atoms with Gasteiger partial charge in [-0.25, -0.2) is 13.9 Å². The lowest BCUT2D eigenvalue weighted by Gasteiger charge is -2.23. The molecule has 0 aliphatic rings. The van der Waals surface area contributed by atoms with E-state index in [1.165, 1.54) is 166 Å². The first-order valence-electron chi connectivity index (χ1n) is 47.0. The fraction of sp³-hybridized carbons (Fsp3) is 0.747. The van der Waals surface area contributed by atoms with Gasteiger partial charge in [0.2, 0.25) is 11.8 Å². The number of rotatable bonds is 84. The maximum atomic E-state index is 14.2. The number of carbonyl (C=O) groups is 5. The maximum absolute atomic E-state index is 14.2. The zero-order valence-corrected chi connectivity index (χ0v) is 78.3. The molecule has 0 rings (SSSR count). The molecule has 0 saturated carbocycles. The van der Waals surface area contributed by atoms with Gasteiger partial charge in [0.15, 0.2) is 6.10 Å². The van der Waals surface area contributed by atoms with Gasteiger partial charge in [-0.3, -0.25) is 46.3 Å². The number of phosphoric ester groups is 2. The number of urea groups is 1. The first-order valence-corrected chi connectivity index (χ1v) is 49.9. The number of nitrogens with one attached hydrogen (secondary N) is 4. The molecule has 688 valence electrons. The molecule has 0 aromatic rings. The Bertz CT molecular complexity index is 3350. The first-order chi connectivity index (χ1) is 59.6. The fourth-order valence-corrected chi connectivity index (χ4v) is 15.2. The smallest absolute Gasteiger partial charge is 0.462 e. The highest BCUT2D eigenvalue weighted by molar-refractivity contribution is 7.48. The van der Waals surface area contributed by atoms with E-state index in [9.17, 15) is 33.1 Å². The molecule has 0 radical (unpaired) electrons. The maximum Gasteiger partial charge on any atom is 0.475 e. The third-order valence-corrected chi connectivity index (χ3v) is 22.5. The highest BCUT2D eigenvalue weighted by atomic mass is 31.2. The summed E-state index contributed by atoms with van der Waals surface area (Å²) in [6, 6.07) is -2.30. The summed E-state index contributed by atoms with van der Waals surface area (Å²) in [5.41, 5.74) is 0. The summed E-state index contributed by atoms with van der Waals surface area (Å²) in [7, 11) is -8.75. The minimum Gasteiger partial charge on any atom is -0.462 e. The predicted molar refractivity (Wildman–Crippen MR) is 494 cm³/mol. The van der Waals surface area contributed by atoms with Crippen molar-refractivity contribution in [1.82, 2.24) is 21.3 Å². The Balaban J connectivity index is 6.29. The van der Waals surface area contributed by atoms with Crippen molar-refractivity contribution in [2.75, 3.05) is 79.2 Å². The summed E-state index contributed by atoms with van der Waals surface area (Å²) in [5.74, 6) is 40.8. The second-order valence-corrected chi connectivity index (χ2v) is 34.3. The van der Waals surface area contributed by atoms with Gasteiger partial charge in [-0.15, -0.1) is 13.2 Å². The lowest BCUT2D eigenvalue weighted by Crippen LogP contribution is -2.41. The molecular formula is C99H160N4O17P2. The van der Waals surface area contributed by atoms with Crippen LogP contribution in [0.3, 0.4) is 0 Å². The number of hydrogen-bond acceptors (Lipinski definition) is 17. The molecule has 4 N–H and O–H groups in total. The average molecular weight is 1740 g/mol. The third-order valence-electron chi connectivity index (χ3n) is 19.7. The molecule has 0 aromatic carbocycles. The normalized spacial score (nSPS) is 12.5. The predicted octanol–water partition coefficient (Wildman–Crippen LogP) is 22.2. The molecule has 0 saturated heterocycles. The molecule has 0 spiro atoms. The summed E-state index contributed by atoms with van der Waals surface area (Å²) in [6.45, 7) is 18.1. The summed E-state index contributed by atoms with van der Waals surface area (Å²) in [5, 5.41) is 11.2. The van der Waals surface area contributed by atoms with Gasteiger partial charge < -0.3 is 40.2 Å². The first kappa shape index (κ1) is 115. The molecular weight excluding hydrogens is 1580 g/mol. The van der Waals surface area contributed by atoms with E-state index >= 15 is 0 Å². The van der Waals surface area contributed by atoms with E-state index < -0.39 is 45.8 Å². The number of unbranched alkanes of at least 4 members (excludes halogenated alkanes) is 40. The van der Waals surface area contributed by atoms with Gasteiger partial charge in [-0.05, 0) is 134 Å². The van der Waals surface area contributed by atoms with Crippen LogP contribution in [0.4, 0.5) is 4.79 Å². The molecule has 0 aliphatic heterocycles. The molecule has 23 heteroatoms. The Labute approximate surface area is 740 Å². The van der Waals surface area contributed by atoms with E-state index in [4.69, 9.17) is 46.1 Å². The number of phosphoric acid groups is 2. The van der Waals surface area contributed by atoms with Crippen LogP contribution in [0.2, 0.25) is 0 Å². The van der Waals surface area contributed by atoms with Crippen LogP contribution in [-0.4, -0.2) is 133 Å². The van der Waals surface area contributed by atoms with Crippen LogP contribution in [0.15, 0.2) is 25.3 Å². The molecule has 0 aliphatic carbocycles. The topological polar surface area (TPSA) is 260 Å². The number of amides is 4. The van der Waals surface area contributed by atoms with E-state index in [0.29, 0.717) is 38.5 Å². The second-order valence-electron chi connectivity index (χ2n) is 30.9. The zero-order valence-electron chi connectivity index (χ0n) is 76.5. The molecule has 6 atom stereocenters. The second kappa shape index (κ2) is 89.1. The van der Waals surface area contributed by atoms with Gasteiger partial charge in [-0.1, -0.05) is 310 Å². The molecule has 0 aromatic heterocycles. The van der Waals surface area contributed by atoms with Crippen LogP contribution in [-0.2, 0) is 74.4 Å².